The fourth-order valence-corrected chi connectivity index (χ4v) is 9.59. The number of rotatable bonds is 6. The number of likely N-dealkylation sites (tertiary alicyclic amines) is 2. The van der Waals surface area contributed by atoms with E-state index in [0.29, 0.717) is 11.9 Å². The molecule has 4 aromatic rings. The lowest BCUT2D eigenvalue weighted by atomic mass is 10.0. The van der Waals surface area contributed by atoms with Gasteiger partial charge in [0.2, 0.25) is 0 Å². The zero-order valence-electron chi connectivity index (χ0n) is 26.0. The smallest absolute Gasteiger partial charge is 0.164 e. The number of hydrogen-bond donors (Lipinski definition) is 2. The van der Waals surface area contributed by atoms with Gasteiger partial charge in [-0.05, 0) is 112 Å². The predicted octanol–water partition coefficient (Wildman–Crippen LogP) is 5.21. The monoisotopic (exact) mass is 604 g/mol. The average molecular weight is 605 g/mol. The Morgan fingerprint density at radius 3 is 2.07 bits per heavy atom. The molecule has 3 saturated heterocycles. The van der Waals surface area contributed by atoms with Gasteiger partial charge >= 0.3 is 0 Å². The number of nitrogens with zero attached hydrogens (tertiary/aromatic N) is 6. The predicted molar refractivity (Wildman–Crippen MR) is 176 cm³/mol. The number of para-hydroxylation sites is 1. The quantitative estimate of drug-likeness (QED) is 0.310. The van der Waals surface area contributed by atoms with Crippen LogP contribution in [0.25, 0.3) is 22.3 Å². The third kappa shape index (κ3) is 5.09. The van der Waals surface area contributed by atoms with E-state index in [2.05, 4.69) is 24.8 Å². The third-order valence-corrected chi connectivity index (χ3v) is 11.9. The van der Waals surface area contributed by atoms with Crippen molar-refractivity contribution in [3.63, 3.8) is 0 Å². The molecule has 0 amide bonds. The van der Waals surface area contributed by atoms with Crippen molar-refractivity contribution in [2.24, 2.45) is 23.7 Å². The molecule has 9 rings (SSSR count). The molecular weight excluding hydrogens is 560 g/mol. The molecule has 9 nitrogen and oxygen atoms in total. The van der Waals surface area contributed by atoms with Crippen molar-refractivity contribution in [2.75, 3.05) is 45.0 Å². The van der Waals surface area contributed by atoms with Crippen LogP contribution in [0.15, 0.2) is 60.9 Å². The number of aromatic nitrogens is 4. The van der Waals surface area contributed by atoms with E-state index in [-0.39, 0.29) is 0 Å². The first-order valence-corrected chi connectivity index (χ1v) is 17.2. The first-order chi connectivity index (χ1) is 22.2. The van der Waals surface area contributed by atoms with Crippen LogP contribution in [0.4, 0.5) is 5.82 Å². The van der Waals surface area contributed by atoms with E-state index in [4.69, 9.17) is 20.6 Å². The summed E-state index contributed by atoms with van der Waals surface area (Å²) in [4.78, 5) is 14.7. The molecular formula is C36H44N8O. The highest BCUT2D eigenvalue weighted by Gasteiger charge is 2.47. The molecule has 9 heteroatoms. The van der Waals surface area contributed by atoms with E-state index in [9.17, 15) is 0 Å². The van der Waals surface area contributed by atoms with Crippen molar-refractivity contribution in [3.05, 3.63) is 60.9 Å². The van der Waals surface area contributed by atoms with Crippen LogP contribution >= 0.6 is 0 Å². The van der Waals surface area contributed by atoms with Crippen molar-refractivity contribution >= 4 is 16.9 Å². The van der Waals surface area contributed by atoms with Crippen LogP contribution in [-0.2, 0) is 0 Å². The van der Waals surface area contributed by atoms with Crippen LogP contribution in [0.2, 0.25) is 0 Å². The van der Waals surface area contributed by atoms with Gasteiger partial charge in [-0.3, -0.25) is 4.90 Å². The molecule has 0 bridgehead atoms. The number of nitrogen functional groups attached to an aromatic ring is 1. The van der Waals surface area contributed by atoms with Gasteiger partial charge in [0.25, 0.3) is 0 Å². The van der Waals surface area contributed by atoms with E-state index in [1.807, 2.05) is 54.6 Å². The van der Waals surface area contributed by atoms with Crippen molar-refractivity contribution in [1.29, 1.82) is 0 Å². The fourth-order valence-electron chi connectivity index (χ4n) is 9.59. The molecule has 3 N–H and O–H groups in total. The summed E-state index contributed by atoms with van der Waals surface area (Å²) >= 11 is 0. The topological polar surface area (TPSA) is 97.4 Å². The SMILES string of the molecule is Nc1ncnc2c1c(-c1ccc(Oc3ccccc3)cc1)nn2C1CCN(C2CC3CN(C4CC5CNCC5C4)CC3C2)CC1. The molecule has 5 fully saturated rings. The third-order valence-electron chi connectivity index (χ3n) is 11.9. The van der Waals surface area contributed by atoms with Crippen LogP contribution in [0.5, 0.6) is 11.5 Å². The Balaban J connectivity index is 0.859. The lowest BCUT2D eigenvalue weighted by Gasteiger charge is -2.37. The molecule has 2 aliphatic carbocycles. The maximum Gasteiger partial charge on any atom is 0.164 e. The molecule has 0 radical (unpaired) electrons. The van der Waals surface area contributed by atoms with Crippen molar-refractivity contribution < 1.29 is 4.74 Å². The zero-order valence-corrected chi connectivity index (χ0v) is 26.0. The molecule has 0 spiro atoms. The molecule has 2 aromatic heterocycles. The van der Waals surface area contributed by atoms with Gasteiger partial charge in [-0.1, -0.05) is 18.2 Å². The lowest BCUT2D eigenvalue weighted by Crippen LogP contribution is -2.42. The molecule has 2 aromatic carbocycles. The first-order valence-electron chi connectivity index (χ1n) is 17.2. The molecule has 5 aliphatic rings. The van der Waals surface area contributed by atoms with Gasteiger partial charge in [-0.25, -0.2) is 14.6 Å². The number of hydrogen-bond acceptors (Lipinski definition) is 8. The fraction of sp³-hybridized carbons (Fsp3) is 0.528. The Kier molecular flexibility index (Phi) is 7.01. The van der Waals surface area contributed by atoms with Crippen molar-refractivity contribution in [3.8, 4) is 22.8 Å². The average Bonchev–Trinajstić information content (AvgIpc) is 3.88. The summed E-state index contributed by atoms with van der Waals surface area (Å²) < 4.78 is 8.16. The van der Waals surface area contributed by atoms with E-state index >= 15 is 0 Å². The van der Waals surface area contributed by atoms with Gasteiger partial charge in [0.15, 0.2) is 5.65 Å². The number of nitrogens with two attached hydrogens (primary N) is 1. The Morgan fingerprint density at radius 1 is 0.711 bits per heavy atom. The normalized spacial score (nSPS) is 30.7. The molecule has 4 atom stereocenters. The van der Waals surface area contributed by atoms with Crippen LogP contribution in [0, 0.1) is 23.7 Å². The Labute approximate surface area is 265 Å². The largest absolute Gasteiger partial charge is 0.457 e. The minimum atomic E-state index is 0.306. The summed E-state index contributed by atoms with van der Waals surface area (Å²) in [5.74, 6) is 5.75. The maximum atomic E-state index is 6.45. The lowest BCUT2D eigenvalue weighted by molar-refractivity contribution is 0.121. The Bertz CT molecular complexity index is 1620. The number of ether oxygens (including phenoxy) is 1. The van der Waals surface area contributed by atoms with Gasteiger partial charge in [-0.15, -0.1) is 0 Å². The zero-order chi connectivity index (χ0) is 29.9. The number of piperidine rings is 1. The van der Waals surface area contributed by atoms with E-state index in [1.165, 1.54) is 51.9 Å². The first kappa shape index (κ1) is 27.8. The Hall–Kier alpha value is -3.53. The molecule has 234 valence electrons. The minimum Gasteiger partial charge on any atom is -0.457 e. The second-order valence-corrected chi connectivity index (χ2v) is 14.4. The summed E-state index contributed by atoms with van der Waals surface area (Å²) in [6, 6.07) is 19.8. The standard InChI is InChI=1S/C36H44N8O/c37-35-33-34(23-6-8-32(9-7-23)45-31-4-2-1-3-5-31)41-44(36(33)40-22-39-35)28-10-12-42(13-11-28)29-16-26-20-43(21-27(26)17-29)30-14-24-18-38-19-25(24)15-30/h1-9,22,24-30,38H,10-21H2,(H2,37,39,40). The van der Waals surface area contributed by atoms with Crippen LogP contribution in [-0.4, -0.2) is 80.9 Å². The highest BCUT2D eigenvalue weighted by atomic mass is 16.5. The van der Waals surface area contributed by atoms with Crippen LogP contribution in [0.3, 0.4) is 0 Å². The summed E-state index contributed by atoms with van der Waals surface area (Å²) in [5, 5.41) is 9.61. The van der Waals surface area contributed by atoms with Gasteiger partial charge in [0, 0.05) is 43.8 Å². The minimum absolute atomic E-state index is 0.306. The number of nitrogens with one attached hydrogen (secondary N) is 1. The Morgan fingerprint density at radius 2 is 1.36 bits per heavy atom. The molecule has 45 heavy (non-hydrogen) atoms. The molecule has 2 saturated carbocycles. The van der Waals surface area contributed by atoms with Gasteiger partial charge < -0.3 is 20.7 Å². The van der Waals surface area contributed by atoms with E-state index in [0.717, 1.165) is 95.5 Å². The molecule has 4 unspecified atom stereocenters. The summed E-state index contributed by atoms with van der Waals surface area (Å²) in [6.07, 6.45) is 9.37. The number of anilines is 1. The van der Waals surface area contributed by atoms with Crippen LogP contribution in [0.1, 0.15) is 44.6 Å². The number of benzene rings is 2. The summed E-state index contributed by atoms with van der Waals surface area (Å²) in [5.41, 5.74) is 9.11. The summed E-state index contributed by atoms with van der Waals surface area (Å²) in [6.45, 7) is 7.46. The van der Waals surface area contributed by atoms with E-state index in [1.54, 1.807) is 6.33 Å². The second-order valence-electron chi connectivity index (χ2n) is 14.4. The van der Waals surface area contributed by atoms with Gasteiger partial charge in [-0.2, -0.15) is 5.10 Å². The van der Waals surface area contributed by atoms with Gasteiger partial charge in [0.1, 0.15) is 29.3 Å². The van der Waals surface area contributed by atoms with Crippen LogP contribution < -0.4 is 15.8 Å². The highest BCUT2D eigenvalue weighted by molar-refractivity contribution is 5.98. The van der Waals surface area contributed by atoms with Gasteiger partial charge in [0.05, 0.1) is 11.4 Å². The second kappa shape index (κ2) is 11.4. The van der Waals surface area contributed by atoms with Crippen molar-refractivity contribution in [1.82, 2.24) is 34.9 Å². The maximum absolute atomic E-state index is 6.45. The highest BCUT2D eigenvalue weighted by Crippen LogP contribution is 2.46. The molecule has 5 heterocycles. The van der Waals surface area contributed by atoms with E-state index < -0.39 is 0 Å². The molecule has 3 aliphatic heterocycles. The van der Waals surface area contributed by atoms with Crippen molar-refractivity contribution in [2.45, 2.75) is 56.7 Å². The summed E-state index contributed by atoms with van der Waals surface area (Å²) in [7, 11) is 0. The number of fused-ring (bicyclic) bond motifs is 3.